The molecule has 0 radical (unpaired) electrons. The minimum atomic E-state index is -1.00. The third-order valence-electron chi connectivity index (χ3n) is 2.29. The smallest absolute Gasteiger partial charge is 0.328 e. The van der Waals surface area contributed by atoms with Gasteiger partial charge < -0.3 is 15.2 Å². The number of ether oxygens (including phenoxy) is 1. The number of aryl methyl sites for hydroxylation is 1. The van der Waals surface area contributed by atoms with Gasteiger partial charge >= 0.3 is 5.97 Å². The van der Waals surface area contributed by atoms with Crippen molar-refractivity contribution in [3.05, 3.63) is 27.5 Å². The highest BCUT2D eigenvalue weighted by molar-refractivity contribution is 7.15. The lowest BCUT2D eigenvalue weighted by atomic mass is 10.2. The molecular formula is C13H17NO4S. The summed E-state index contributed by atoms with van der Waals surface area (Å²) < 4.78 is 5.13. The van der Waals surface area contributed by atoms with Crippen LogP contribution >= 0.6 is 11.3 Å². The quantitative estimate of drug-likeness (QED) is 0.592. The predicted octanol–water partition coefficient (Wildman–Crippen LogP) is 1.92. The Morgan fingerprint density at radius 3 is 2.89 bits per heavy atom. The van der Waals surface area contributed by atoms with Gasteiger partial charge in [0, 0.05) is 24.1 Å². The Labute approximate surface area is 115 Å². The van der Waals surface area contributed by atoms with Crippen LogP contribution in [0.1, 0.15) is 27.0 Å². The number of nitrogens with one attached hydrogen (secondary N) is 1. The van der Waals surface area contributed by atoms with Crippen molar-refractivity contribution in [1.82, 2.24) is 5.32 Å². The van der Waals surface area contributed by atoms with E-state index < -0.39 is 5.97 Å². The molecule has 0 aliphatic rings. The van der Waals surface area contributed by atoms with Crippen molar-refractivity contribution in [3.63, 3.8) is 0 Å². The zero-order valence-corrected chi connectivity index (χ0v) is 11.8. The van der Waals surface area contributed by atoms with Crippen molar-refractivity contribution < 1.29 is 19.4 Å². The van der Waals surface area contributed by atoms with Gasteiger partial charge in [0.25, 0.3) is 5.91 Å². The highest BCUT2D eigenvalue weighted by Crippen LogP contribution is 2.23. The first-order chi connectivity index (χ1) is 9.04. The van der Waals surface area contributed by atoms with Gasteiger partial charge in [-0.25, -0.2) is 4.79 Å². The highest BCUT2D eigenvalue weighted by atomic mass is 32.1. The highest BCUT2D eigenvalue weighted by Gasteiger charge is 2.10. The lowest BCUT2D eigenvalue weighted by Gasteiger charge is -2.02. The van der Waals surface area contributed by atoms with Gasteiger partial charge in [-0.3, -0.25) is 4.79 Å². The van der Waals surface area contributed by atoms with Gasteiger partial charge in [0.05, 0.1) is 11.5 Å². The molecule has 1 aromatic heterocycles. The molecule has 1 heterocycles. The molecule has 5 nitrogen and oxygen atoms in total. The SMILES string of the molecule is CCOCCNC(=O)c1cc(C)c(C=CC(=O)O)s1. The Kier molecular flexibility index (Phi) is 6.24. The summed E-state index contributed by atoms with van der Waals surface area (Å²) in [4.78, 5) is 23.6. The lowest BCUT2D eigenvalue weighted by molar-refractivity contribution is -0.131. The van der Waals surface area contributed by atoms with Crippen LogP contribution in [-0.4, -0.2) is 36.7 Å². The molecule has 0 saturated heterocycles. The second-order valence-corrected chi connectivity index (χ2v) is 4.87. The Morgan fingerprint density at radius 1 is 1.53 bits per heavy atom. The van der Waals surface area contributed by atoms with Gasteiger partial charge in [-0.15, -0.1) is 11.3 Å². The minimum Gasteiger partial charge on any atom is -0.478 e. The van der Waals surface area contributed by atoms with E-state index in [2.05, 4.69) is 5.32 Å². The summed E-state index contributed by atoms with van der Waals surface area (Å²) in [6, 6.07) is 1.75. The van der Waals surface area contributed by atoms with E-state index in [1.807, 2.05) is 13.8 Å². The number of hydrogen-bond acceptors (Lipinski definition) is 4. The normalized spacial score (nSPS) is 10.8. The van der Waals surface area contributed by atoms with E-state index in [9.17, 15) is 9.59 Å². The molecule has 0 saturated carbocycles. The molecule has 0 unspecified atom stereocenters. The Balaban J connectivity index is 2.61. The van der Waals surface area contributed by atoms with Gasteiger partial charge in [-0.05, 0) is 31.6 Å². The maximum atomic E-state index is 11.8. The fraction of sp³-hybridized carbons (Fsp3) is 0.385. The molecule has 0 aromatic carbocycles. The molecule has 0 fully saturated rings. The standard InChI is InChI=1S/C13H17NO4S/c1-3-18-7-6-14-13(17)11-8-9(2)10(19-11)4-5-12(15)16/h4-5,8H,3,6-7H2,1-2H3,(H,14,17)(H,15,16). The van der Waals surface area contributed by atoms with Crippen LogP contribution in [0.4, 0.5) is 0 Å². The summed E-state index contributed by atoms with van der Waals surface area (Å²) >= 11 is 1.27. The fourth-order valence-corrected chi connectivity index (χ4v) is 2.38. The maximum absolute atomic E-state index is 11.8. The molecular weight excluding hydrogens is 266 g/mol. The third-order valence-corrected chi connectivity index (χ3v) is 3.49. The van der Waals surface area contributed by atoms with Crippen molar-refractivity contribution in [1.29, 1.82) is 0 Å². The van der Waals surface area contributed by atoms with E-state index in [0.29, 0.717) is 24.6 Å². The van der Waals surface area contributed by atoms with Crippen molar-refractivity contribution in [2.75, 3.05) is 19.8 Å². The summed E-state index contributed by atoms with van der Waals surface area (Å²) in [5.41, 5.74) is 0.887. The molecule has 1 aromatic rings. The van der Waals surface area contributed by atoms with Gasteiger partial charge in [0.2, 0.25) is 0 Å². The van der Waals surface area contributed by atoms with Gasteiger partial charge in [0.15, 0.2) is 0 Å². The van der Waals surface area contributed by atoms with Crippen LogP contribution in [0, 0.1) is 6.92 Å². The molecule has 104 valence electrons. The summed E-state index contributed by atoms with van der Waals surface area (Å²) in [6.45, 7) is 5.31. The number of thiophene rings is 1. The zero-order valence-electron chi connectivity index (χ0n) is 10.9. The number of carbonyl (C=O) groups is 2. The number of amides is 1. The van der Waals surface area contributed by atoms with Crippen molar-refractivity contribution in [2.24, 2.45) is 0 Å². The molecule has 1 rings (SSSR count). The molecule has 0 bridgehead atoms. The number of hydrogen-bond donors (Lipinski definition) is 2. The molecule has 1 amide bonds. The average molecular weight is 283 g/mol. The first kappa shape index (κ1) is 15.4. The summed E-state index contributed by atoms with van der Waals surface area (Å²) in [5, 5.41) is 11.3. The van der Waals surface area contributed by atoms with Crippen LogP contribution < -0.4 is 5.32 Å². The Bertz CT molecular complexity index is 479. The van der Waals surface area contributed by atoms with Crippen LogP contribution in [0.5, 0.6) is 0 Å². The number of carboxylic acid groups (broad SMARTS) is 1. The van der Waals surface area contributed by atoms with E-state index >= 15 is 0 Å². The fourth-order valence-electron chi connectivity index (χ4n) is 1.39. The van der Waals surface area contributed by atoms with Crippen molar-refractivity contribution in [2.45, 2.75) is 13.8 Å². The van der Waals surface area contributed by atoms with E-state index in [0.717, 1.165) is 16.5 Å². The van der Waals surface area contributed by atoms with Crippen LogP contribution in [0.25, 0.3) is 6.08 Å². The topological polar surface area (TPSA) is 75.6 Å². The molecule has 0 aliphatic heterocycles. The third kappa shape index (κ3) is 5.23. The zero-order chi connectivity index (χ0) is 14.3. The van der Waals surface area contributed by atoms with E-state index in [4.69, 9.17) is 9.84 Å². The van der Waals surface area contributed by atoms with Crippen molar-refractivity contribution >= 4 is 29.3 Å². The van der Waals surface area contributed by atoms with Crippen LogP contribution in [-0.2, 0) is 9.53 Å². The average Bonchev–Trinajstić information content (AvgIpc) is 2.73. The van der Waals surface area contributed by atoms with E-state index in [1.54, 1.807) is 6.07 Å². The second kappa shape index (κ2) is 7.70. The molecule has 0 atom stereocenters. The monoisotopic (exact) mass is 283 g/mol. The lowest BCUT2D eigenvalue weighted by Crippen LogP contribution is -2.26. The van der Waals surface area contributed by atoms with E-state index in [-0.39, 0.29) is 5.91 Å². The largest absolute Gasteiger partial charge is 0.478 e. The minimum absolute atomic E-state index is 0.164. The van der Waals surface area contributed by atoms with Gasteiger partial charge in [-0.1, -0.05) is 0 Å². The number of carbonyl (C=O) groups excluding carboxylic acids is 1. The van der Waals surface area contributed by atoms with Gasteiger partial charge in [0.1, 0.15) is 0 Å². The Morgan fingerprint density at radius 2 is 2.26 bits per heavy atom. The molecule has 0 aliphatic carbocycles. The summed E-state index contributed by atoms with van der Waals surface area (Å²) in [5.74, 6) is -1.17. The summed E-state index contributed by atoms with van der Waals surface area (Å²) in [7, 11) is 0. The molecule has 2 N–H and O–H groups in total. The number of rotatable bonds is 7. The van der Waals surface area contributed by atoms with Crippen LogP contribution in [0.3, 0.4) is 0 Å². The van der Waals surface area contributed by atoms with Crippen molar-refractivity contribution in [3.8, 4) is 0 Å². The van der Waals surface area contributed by atoms with Gasteiger partial charge in [-0.2, -0.15) is 0 Å². The number of aliphatic carboxylic acids is 1. The molecule has 19 heavy (non-hydrogen) atoms. The van der Waals surface area contributed by atoms with Crippen LogP contribution in [0.15, 0.2) is 12.1 Å². The van der Waals surface area contributed by atoms with E-state index in [1.165, 1.54) is 17.4 Å². The second-order valence-electron chi connectivity index (χ2n) is 3.78. The summed E-state index contributed by atoms with van der Waals surface area (Å²) in [6.07, 6.45) is 2.56. The number of carboxylic acids is 1. The first-order valence-electron chi connectivity index (χ1n) is 5.92. The molecule has 0 spiro atoms. The Hall–Kier alpha value is -1.66. The van der Waals surface area contributed by atoms with Crippen LogP contribution in [0.2, 0.25) is 0 Å². The maximum Gasteiger partial charge on any atom is 0.328 e. The molecule has 6 heteroatoms. The first-order valence-corrected chi connectivity index (χ1v) is 6.73. The predicted molar refractivity (Wildman–Crippen MR) is 74.6 cm³/mol.